The van der Waals surface area contributed by atoms with Crippen molar-refractivity contribution in [3.8, 4) is 6.07 Å². The zero-order valence-corrected chi connectivity index (χ0v) is 6.39. The third-order valence-electron chi connectivity index (χ3n) is 1.24. The quantitative estimate of drug-likeness (QED) is 0.419. The van der Waals surface area contributed by atoms with Crippen molar-refractivity contribution >= 4 is 0 Å². The van der Waals surface area contributed by atoms with Crippen molar-refractivity contribution in [2.75, 3.05) is 0 Å². The predicted molar refractivity (Wildman–Crippen MR) is 43.3 cm³/mol. The Bertz CT molecular complexity index is 213. The highest BCUT2D eigenvalue weighted by Crippen LogP contribution is 2.02. The third kappa shape index (κ3) is 2.88. The number of nitrogens with zero attached hydrogens (tertiary/aromatic N) is 1. The molecule has 0 radical (unpaired) electrons. The SMILES string of the molecule is C=C/C=C\C(C)=C(/C)C#N. The minimum absolute atomic E-state index is 0.748. The van der Waals surface area contributed by atoms with E-state index in [0.717, 1.165) is 11.1 Å². The minimum Gasteiger partial charge on any atom is -0.193 e. The zero-order valence-electron chi connectivity index (χ0n) is 6.39. The molecule has 0 fully saturated rings. The van der Waals surface area contributed by atoms with Gasteiger partial charge in [0.05, 0.1) is 6.07 Å². The van der Waals surface area contributed by atoms with Crippen LogP contribution in [0.15, 0.2) is 36.0 Å². The van der Waals surface area contributed by atoms with Gasteiger partial charge in [0.25, 0.3) is 0 Å². The molecule has 0 aliphatic heterocycles. The molecule has 0 atom stereocenters. The van der Waals surface area contributed by atoms with E-state index in [1.54, 1.807) is 13.0 Å². The highest BCUT2D eigenvalue weighted by Gasteiger charge is 1.87. The molecule has 1 nitrogen and oxygen atoms in total. The van der Waals surface area contributed by atoms with Crippen LogP contribution in [0.3, 0.4) is 0 Å². The molecule has 0 spiro atoms. The molecule has 0 aromatic carbocycles. The van der Waals surface area contributed by atoms with Crippen LogP contribution in [0.1, 0.15) is 13.8 Å². The molecule has 0 saturated heterocycles. The van der Waals surface area contributed by atoms with Crippen LogP contribution in [-0.2, 0) is 0 Å². The second kappa shape index (κ2) is 4.58. The Labute approximate surface area is 62.0 Å². The Balaban J connectivity index is 4.36. The molecule has 0 bridgehead atoms. The zero-order chi connectivity index (χ0) is 7.98. The fourth-order valence-corrected chi connectivity index (χ4v) is 0.426. The van der Waals surface area contributed by atoms with E-state index in [0.29, 0.717) is 0 Å². The van der Waals surface area contributed by atoms with Crippen LogP contribution < -0.4 is 0 Å². The lowest BCUT2D eigenvalue weighted by Crippen LogP contribution is -1.74. The molecule has 0 rings (SSSR count). The van der Waals surface area contributed by atoms with Gasteiger partial charge in [0.15, 0.2) is 0 Å². The summed E-state index contributed by atoms with van der Waals surface area (Å²) in [7, 11) is 0. The molecule has 0 N–H and O–H groups in total. The summed E-state index contributed by atoms with van der Waals surface area (Å²) in [6, 6.07) is 2.07. The summed E-state index contributed by atoms with van der Waals surface area (Å²) in [4.78, 5) is 0. The summed E-state index contributed by atoms with van der Waals surface area (Å²) in [6.07, 6.45) is 5.37. The van der Waals surface area contributed by atoms with Gasteiger partial charge < -0.3 is 0 Å². The van der Waals surface area contributed by atoms with Gasteiger partial charge in [-0.2, -0.15) is 5.26 Å². The van der Waals surface area contributed by atoms with Gasteiger partial charge in [-0.25, -0.2) is 0 Å². The molecule has 0 saturated carbocycles. The molecule has 0 aliphatic rings. The van der Waals surface area contributed by atoms with Crippen LogP contribution in [-0.4, -0.2) is 0 Å². The van der Waals surface area contributed by atoms with E-state index >= 15 is 0 Å². The smallest absolute Gasteiger partial charge is 0.0946 e. The van der Waals surface area contributed by atoms with E-state index in [2.05, 4.69) is 12.6 Å². The number of allylic oxidation sites excluding steroid dienone is 5. The van der Waals surface area contributed by atoms with Gasteiger partial charge >= 0.3 is 0 Å². The van der Waals surface area contributed by atoms with Crippen molar-refractivity contribution in [2.24, 2.45) is 0 Å². The van der Waals surface area contributed by atoms with Crippen molar-refractivity contribution in [2.45, 2.75) is 13.8 Å². The fraction of sp³-hybridized carbons (Fsp3) is 0.222. The number of nitriles is 1. The molecule has 0 amide bonds. The Morgan fingerprint density at radius 1 is 1.50 bits per heavy atom. The van der Waals surface area contributed by atoms with Gasteiger partial charge in [-0.3, -0.25) is 0 Å². The molecule has 0 unspecified atom stereocenters. The van der Waals surface area contributed by atoms with E-state index < -0.39 is 0 Å². The van der Waals surface area contributed by atoms with Gasteiger partial charge in [-0.15, -0.1) is 0 Å². The highest BCUT2D eigenvalue weighted by molar-refractivity contribution is 5.32. The first-order valence-corrected chi connectivity index (χ1v) is 3.09. The lowest BCUT2D eigenvalue weighted by atomic mass is 10.1. The second-order valence-corrected chi connectivity index (χ2v) is 2.01. The summed E-state index contributed by atoms with van der Waals surface area (Å²) in [6.45, 7) is 7.22. The third-order valence-corrected chi connectivity index (χ3v) is 1.24. The second-order valence-electron chi connectivity index (χ2n) is 2.01. The van der Waals surface area contributed by atoms with E-state index in [-0.39, 0.29) is 0 Å². The fourth-order valence-electron chi connectivity index (χ4n) is 0.426. The maximum Gasteiger partial charge on any atom is 0.0946 e. The van der Waals surface area contributed by atoms with Crippen LogP contribution in [0.2, 0.25) is 0 Å². The molecule has 10 heavy (non-hydrogen) atoms. The Kier molecular flexibility index (Phi) is 3.99. The number of rotatable bonds is 2. The number of hydrogen-bond donors (Lipinski definition) is 0. The summed E-state index contributed by atoms with van der Waals surface area (Å²) in [5, 5.41) is 8.44. The standard InChI is InChI=1S/C9H11N/c1-4-5-6-8(2)9(3)7-10/h4-6H,1H2,2-3H3/b6-5-,9-8+. The summed E-state index contributed by atoms with van der Waals surface area (Å²) in [5.74, 6) is 0. The first kappa shape index (κ1) is 8.71. The maximum atomic E-state index is 8.44. The average Bonchev–Trinajstić information content (AvgIpc) is 1.98. The lowest BCUT2D eigenvalue weighted by Gasteiger charge is -1.89. The molecule has 0 aromatic rings. The van der Waals surface area contributed by atoms with Crippen molar-refractivity contribution in [3.05, 3.63) is 36.0 Å². The van der Waals surface area contributed by atoms with E-state index in [9.17, 15) is 0 Å². The normalized spacial score (nSPS) is 12.5. The van der Waals surface area contributed by atoms with Gasteiger partial charge in [-0.05, 0) is 19.4 Å². The monoisotopic (exact) mass is 133 g/mol. The van der Waals surface area contributed by atoms with E-state index in [4.69, 9.17) is 5.26 Å². The molecule has 0 aromatic heterocycles. The first-order chi connectivity index (χ1) is 4.72. The molecule has 1 heteroatoms. The Morgan fingerprint density at radius 2 is 2.10 bits per heavy atom. The summed E-state index contributed by atoms with van der Waals surface area (Å²) < 4.78 is 0. The topological polar surface area (TPSA) is 23.8 Å². The van der Waals surface area contributed by atoms with Gasteiger partial charge in [0.1, 0.15) is 0 Å². The van der Waals surface area contributed by atoms with Crippen molar-refractivity contribution < 1.29 is 0 Å². The average molecular weight is 133 g/mol. The van der Waals surface area contributed by atoms with E-state index in [1.807, 2.05) is 19.1 Å². The van der Waals surface area contributed by atoms with Gasteiger partial charge in [0, 0.05) is 5.57 Å². The molecule has 0 heterocycles. The minimum atomic E-state index is 0.748. The molecular weight excluding hydrogens is 122 g/mol. The highest BCUT2D eigenvalue weighted by atomic mass is 14.2. The Morgan fingerprint density at radius 3 is 2.50 bits per heavy atom. The molecule has 0 aliphatic carbocycles. The molecule has 52 valence electrons. The van der Waals surface area contributed by atoms with Crippen molar-refractivity contribution in [1.82, 2.24) is 0 Å². The summed E-state index contributed by atoms with van der Waals surface area (Å²) >= 11 is 0. The van der Waals surface area contributed by atoms with Crippen LogP contribution in [0, 0.1) is 11.3 Å². The van der Waals surface area contributed by atoms with Crippen LogP contribution in [0.5, 0.6) is 0 Å². The first-order valence-electron chi connectivity index (χ1n) is 3.09. The van der Waals surface area contributed by atoms with Crippen LogP contribution >= 0.6 is 0 Å². The van der Waals surface area contributed by atoms with Crippen molar-refractivity contribution in [3.63, 3.8) is 0 Å². The molecular formula is C9H11N. The maximum absolute atomic E-state index is 8.44. The van der Waals surface area contributed by atoms with Crippen molar-refractivity contribution in [1.29, 1.82) is 5.26 Å². The number of hydrogen-bond acceptors (Lipinski definition) is 1. The Hall–Kier alpha value is -1.29. The summed E-state index contributed by atoms with van der Waals surface area (Å²) in [5.41, 5.74) is 1.74. The lowest BCUT2D eigenvalue weighted by molar-refractivity contribution is 1.36. The van der Waals surface area contributed by atoms with E-state index in [1.165, 1.54) is 0 Å². The van der Waals surface area contributed by atoms with Crippen LogP contribution in [0.4, 0.5) is 0 Å². The largest absolute Gasteiger partial charge is 0.193 e. The predicted octanol–water partition coefficient (Wildman–Crippen LogP) is 2.59. The van der Waals surface area contributed by atoms with Crippen LogP contribution in [0.25, 0.3) is 0 Å². The van der Waals surface area contributed by atoms with Gasteiger partial charge in [-0.1, -0.05) is 24.8 Å². The van der Waals surface area contributed by atoms with Gasteiger partial charge in [0.2, 0.25) is 0 Å².